The lowest BCUT2D eigenvalue weighted by molar-refractivity contribution is 0.0769. The van der Waals surface area contributed by atoms with Crippen LogP contribution < -0.4 is 0 Å². The van der Waals surface area contributed by atoms with Crippen molar-refractivity contribution < 1.29 is 9.53 Å². The van der Waals surface area contributed by atoms with Gasteiger partial charge in [-0.25, -0.2) is 9.97 Å². The highest BCUT2D eigenvalue weighted by atomic mass is 16.5. The summed E-state index contributed by atoms with van der Waals surface area (Å²) in [6.07, 6.45) is 3.94. The van der Waals surface area contributed by atoms with E-state index in [0.29, 0.717) is 17.3 Å². The van der Waals surface area contributed by atoms with Gasteiger partial charge in [-0.15, -0.1) is 0 Å². The minimum atomic E-state index is -0.0142. The van der Waals surface area contributed by atoms with E-state index < -0.39 is 0 Å². The van der Waals surface area contributed by atoms with Gasteiger partial charge < -0.3 is 4.74 Å². The van der Waals surface area contributed by atoms with Crippen LogP contribution in [0.2, 0.25) is 0 Å². The Bertz CT molecular complexity index is 413. The first-order valence-electron chi connectivity index (χ1n) is 5.50. The first-order valence-corrected chi connectivity index (χ1v) is 5.50. The third-order valence-corrected chi connectivity index (χ3v) is 2.94. The molecule has 0 radical (unpaired) electrons. The summed E-state index contributed by atoms with van der Waals surface area (Å²) in [7, 11) is 1.68. The van der Waals surface area contributed by atoms with Crippen LogP contribution in [-0.4, -0.2) is 22.9 Å². The van der Waals surface area contributed by atoms with Gasteiger partial charge in [0.05, 0.1) is 11.3 Å². The van der Waals surface area contributed by atoms with Gasteiger partial charge in [0.25, 0.3) is 0 Å². The summed E-state index contributed by atoms with van der Waals surface area (Å²) in [5.74, 6) is 1.25. The van der Waals surface area contributed by atoms with Gasteiger partial charge in [-0.3, -0.25) is 4.79 Å². The number of methoxy groups -OCH3 is 1. The zero-order chi connectivity index (χ0) is 11.7. The number of aryl methyl sites for hydroxylation is 1. The molecule has 4 heteroatoms. The maximum absolute atomic E-state index is 11.3. The summed E-state index contributed by atoms with van der Waals surface area (Å²) in [4.78, 5) is 19.9. The van der Waals surface area contributed by atoms with Crippen molar-refractivity contribution in [2.45, 2.75) is 32.8 Å². The van der Waals surface area contributed by atoms with Crippen LogP contribution in [0, 0.1) is 12.8 Å². The van der Waals surface area contributed by atoms with Gasteiger partial charge in [0.1, 0.15) is 6.10 Å². The molecule has 4 nitrogen and oxygen atoms in total. The fourth-order valence-electron chi connectivity index (χ4n) is 1.88. The van der Waals surface area contributed by atoms with Crippen LogP contribution in [0.3, 0.4) is 0 Å². The second kappa shape index (κ2) is 4.29. The van der Waals surface area contributed by atoms with Gasteiger partial charge in [-0.05, 0) is 32.6 Å². The second-order valence-electron chi connectivity index (χ2n) is 4.28. The van der Waals surface area contributed by atoms with Gasteiger partial charge in [0.15, 0.2) is 11.6 Å². The lowest BCUT2D eigenvalue weighted by Gasteiger charge is -2.13. The lowest BCUT2D eigenvalue weighted by atomic mass is 10.1. The van der Waals surface area contributed by atoms with Gasteiger partial charge in [-0.1, -0.05) is 0 Å². The summed E-state index contributed by atoms with van der Waals surface area (Å²) in [5.41, 5.74) is 1.33. The summed E-state index contributed by atoms with van der Waals surface area (Å²) in [5, 5.41) is 0. The van der Waals surface area contributed by atoms with Crippen molar-refractivity contribution in [2.24, 2.45) is 5.92 Å². The fraction of sp³-hybridized carbons (Fsp3) is 0.583. The number of rotatable bonds is 4. The van der Waals surface area contributed by atoms with Crippen LogP contribution in [0.5, 0.6) is 0 Å². The van der Waals surface area contributed by atoms with E-state index in [1.807, 2.05) is 6.92 Å². The number of carbonyl (C=O) groups excluding carboxylic acids is 1. The van der Waals surface area contributed by atoms with Gasteiger partial charge >= 0.3 is 0 Å². The van der Waals surface area contributed by atoms with E-state index >= 15 is 0 Å². The Hall–Kier alpha value is -1.29. The molecular formula is C12H16N2O2. The van der Waals surface area contributed by atoms with Gasteiger partial charge in [-0.2, -0.15) is 0 Å². The molecule has 1 aromatic rings. The highest BCUT2D eigenvalue weighted by molar-refractivity contribution is 5.94. The molecule has 1 fully saturated rings. The Morgan fingerprint density at radius 1 is 1.56 bits per heavy atom. The molecule has 1 unspecified atom stereocenters. The van der Waals surface area contributed by atoms with Crippen molar-refractivity contribution in [3.05, 3.63) is 23.3 Å². The van der Waals surface area contributed by atoms with E-state index in [4.69, 9.17) is 4.74 Å². The van der Waals surface area contributed by atoms with Crippen molar-refractivity contribution in [3.8, 4) is 0 Å². The highest BCUT2D eigenvalue weighted by Crippen LogP contribution is 2.41. The highest BCUT2D eigenvalue weighted by Gasteiger charge is 2.34. The Labute approximate surface area is 95.1 Å². The summed E-state index contributed by atoms with van der Waals surface area (Å²) < 4.78 is 5.41. The predicted molar refractivity (Wildman–Crippen MR) is 59.2 cm³/mol. The average Bonchev–Trinajstić information content (AvgIpc) is 3.02. The molecule has 0 bridgehead atoms. The van der Waals surface area contributed by atoms with E-state index in [0.717, 1.165) is 5.69 Å². The molecule has 1 heterocycles. The average molecular weight is 220 g/mol. The van der Waals surface area contributed by atoms with Crippen molar-refractivity contribution >= 4 is 5.78 Å². The van der Waals surface area contributed by atoms with Crippen molar-refractivity contribution in [2.75, 3.05) is 7.11 Å². The molecule has 1 atom stereocenters. The third kappa shape index (κ3) is 2.11. The number of hydrogen-bond acceptors (Lipinski definition) is 4. The first-order chi connectivity index (χ1) is 7.63. The quantitative estimate of drug-likeness (QED) is 0.729. The van der Waals surface area contributed by atoms with Crippen molar-refractivity contribution in [3.63, 3.8) is 0 Å². The Morgan fingerprint density at radius 3 is 2.69 bits per heavy atom. The van der Waals surface area contributed by atoms with Crippen LogP contribution >= 0.6 is 0 Å². The van der Waals surface area contributed by atoms with Crippen LogP contribution in [-0.2, 0) is 4.74 Å². The molecule has 1 aliphatic rings. The number of hydrogen-bond donors (Lipinski definition) is 0. The molecule has 0 saturated heterocycles. The first kappa shape index (κ1) is 11.2. The third-order valence-electron chi connectivity index (χ3n) is 2.94. The molecule has 0 spiro atoms. The minimum Gasteiger partial charge on any atom is -0.373 e. The molecule has 1 aromatic heterocycles. The lowest BCUT2D eigenvalue weighted by Crippen LogP contribution is -2.11. The van der Waals surface area contributed by atoms with Gasteiger partial charge in [0, 0.05) is 13.3 Å². The predicted octanol–water partition coefficient (Wildman–Crippen LogP) is 2.09. The van der Waals surface area contributed by atoms with Crippen molar-refractivity contribution in [1.82, 2.24) is 9.97 Å². The maximum Gasteiger partial charge on any atom is 0.163 e. The zero-order valence-corrected chi connectivity index (χ0v) is 9.86. The van der Waals surface area contributed by atoms with Crippen LogP contribution in [0.25, 0.3) is 0 Å². The number of ether oxygens (including phenoxy) is 1. The molecule has 0 amide bonds. The number of aromatic nitrogens is 2. The summed E-state index contributed by atoms with van der Waals surface area (Å²) >= 11 is 0. The van der Waals surface area contributed by atoms with Gasteiger partial charge in [0.2, 0.25) is 0 Å². The van der Waals surface area contributed by atoms with Crippen LogP contribution in [0.1, 0.15) is 47.7 Å². The van der Waals surface area contributed by atoms with E-state index in [-0.39, 0.29) is 11.9 Å². The minimum absolute atomic E-state index is 0.00411. The molecule has 0 N–H and O–H groups in total. The van der Waals surface area contributed by atoms with E-state index in [9.17, 15) is 4.79 Å². The molecule has 2 rings (SSSR count). The summed E-state index contributed by atoms with van der Waals surface area (Å²) in [6.45, 7) is 3.36. The molecule has 1 aliphatic carbocycles. The number of nitrogens with zero attached hydrogens (tertiary/aromatic N) is 2. The largest absolute Gasteiger partial charge is 0.373 e. The summed E-state index contributed by atoms with van der Waals surface area (Å²) in [6, 6.07) is 0. The monoisotopic (exact) mass is 220 g/mol. The normalized spacial score (nSPS) is 17.2. The fourth-order valence-corrected chi connectivity index (χ4v) is 1.88. The maximum atomic E-state index is 11.3. The standard InChI is InChI=1S/C12H16N2O2/c1-7-10(8(2)15)6-13-12(14-7)11(16-3)9-4-5-9/h6,9,11H,4-5H2,1-3H3. The Kier molecular flexibility index (Phi) is 3.01. The van der Waals surface area contributed by atoms with Crippen LogP contribution in [0.15, 0.2) is 6.20 Å². The second-order valence-corrected chi connectivity index (χ2v) is 4.28. The van der Waals surface area contributed by atoms with Crippen LogP contribution in [0.4, 0.5) is 0 Å². The Morgan fingerprint density at radius 2 is 2.25 bits per heavy atom. The molecular weight excluding hydrogens is 204 g/mol. The smallest absolute Gasteiger partial charge is 0.163 e. The van der Waals surface area contributed by atoms with Crippen molar-refractivity contribution in [1.29, 1.82) is 0 Å². The molecule has 1 saturated carbocycles. The van der Waals surface area contributed by atoms with E-state index in [1.165, 1.54) is 19.8 Å². The number of ketones is 1. The van der Waals surface area contributed by atoms with E-state index in [1.54, 1.807) is 13.3 Å². The van der Waals surface area contributed by atoms with E-state index in [2.05, 4.69) is 9.97 Å². The SMILES string of the molecule is COC(c1ncc(C(C)=O)c(C)n1)C1CC1. The molecule has 16 heavy (non-hydrogen) atoms. The molecule has 86 valence electrons. The molecule has 0 aromatic carbocycles. The number of carbonyl (C=O) groups is 1. The molecule has 0 aliphatic heterocycles. The topological polar surface area (TPSA) is 52.1 Å². The number of Topliss-reactive ketones (excluding diaryl/α,β-unsaturated/α-hetero) is 1. The Balaban J connectivity index is 2.28. The zero-order valence-electron chi connectivity index (χ0n) is 9.86.